The molecule has 0 saturated heterocycles. The van der Waals surface area contributed by atoms with Gasteiger partial charge in [0.15, 0.2) is 0 Å². The summed E-state index contributed by atoms with van der Waals surface area (Å²) in [4.78, 5) is 11.0. The quantitative estimate of drug-likeness (QED) is 0.147. The van der Waals surface area contributed by atoms with Crippen LogP contribution in [0.1, 0.15) is 133 Å². The fraction of sp³-hybridized carbons (Fsp3) is 0.647. The van der Waals surface area contributed by atoms with Crippen LogP contribution in [0.2, 0.25) is 0 Å². The largest absolute Gasteiger partial charge is 0.584 e. The van der Waals surface area contributed by atoms with Crippen LogP contribution in [0.25, 0.3) is 0 Å². The molecular weight excluding hydrogens is 503 g/mol. The second-order valence-electron chi connectivity index (χ2n) is 11.6. The first-order chi connectivity index (χ1) is 18.9. The highest BCUT2D eigenvalue weighted by Crippen LogP contribution is 2.49. The Balaban J connectivity index is 1.84. The molecule has 2 aromatic rings. The van der Waals surface area contributed by atoms with Crippen molar-refractivity contribution >= 4 is 7.82 Å². The zero-order chi connectivity index (χ0) is 28.1. The van der Waals surface area contributed by atoms with Crippen LogP contribution < -0.4 is 9.05 Å². The minimum atomic E-state index is -4.37. The molecule has 2 aromatic carbocycles. The zero-order valence-electron chi connectivity index (χ0n) is 25.1. The lowest BCUT2D eigenvalue weighted by molar-refractivity contribution is 0.288. The smallest absolute Gasteiger partial charge is 0.395 e. The highest BCUT2D eigenvalue weighted by Gasteiger charge is 2.31. The normalized spacial score (nSPS) is 16.5. The maximum absolute atomic E-state index is 13.5. The van der Waals surface area contributed by atoms with Crippen LogP contribution in [0.5, 0.6) is 11.5 Å². The Morgan fingerprint density at radius 1 is 0.769 bits per heavy atom. The molecule has 1 N–H and O–H groups in total. The van der Waals surface area contributed by atoms with E-state index < -0.39 is 7.82 Å². The van der Waals surface area contributed by atoms with Gasteiger partial charge in [-0.05, 0) is 97.6 Å². The lowest BCUT2D eigenvalue weighted by Crippen LogP contribution is -2.07. The molecule has 5 heteroatoms. The lowest BCUT2D eigenvalue weighted by atomic mass is 9.93. The first kappa shape index (κ1) is 31.8. The van der Waals surface area contributed by atoms with E-state index in [9.17, 15) is 9.46 Å². The monoisotopic (exact) mass is 556 g/mol. The summed E-state index contributed by atoms with van der Waals surface area (Å²) in [5.74, 6) is 1.64. The first-order valence-corrected chi connectivity index (χ1v) is 17.4. The Morgan fingerprint density at radius 2 is 1.41 bits per heavy atom. The Bertz CT molecular complexity index is 1060. The summed E-state index contributed by atoms with van der Waals surface area (Å²) < 4.78 is 25.3. The molecule has 0 spiro atoms. The van der Waals surface area contributed by atoms with E-state index in [0.717, 1.165) is 87.3 Å². The van der Waals surface area contributed by atoms with Crippen LogP contribution in [0, 0.1) is 5.92 Å². The van der Waals surface area contributed by atoms with Crippen LogP contribution >= 0.6 is 7.82 Å². The molecule has 1 aliphatic rings. The number of hydrogen-bond acceptors (Lipinski definition) is 3. The van der Waals surface area contributed by atoms with Gasteiger partial charge in [-0.15, -0.1) is 0 Å². The summed E-state index contributed by atoms with van der Waals surface area (Å²) in [5, 5.41) is 0. The van der Waals surface area contributed by atoms with Crippen molar-refractivity contribution in [1.82, 2.24) is 0 Å². The van der Waals surface area contributed by atoms with Gasteiger partial charge >= 0.3 is 7.82 Å². The predicted octanol–water partition coefficient (Wildman–Crippen LogP) is 10.3. The van der Waals surface area contributed by atoms with E-state index >= 15 is 0 Å². The number of phosphoric ester groups is 1. The standard InChI is InChI=1S/C34H53O4P/c1-5-9-12-16-28-20-22-33(30(23-28)18-14-11-7-3)37-39(35,36)38-34-31-21-19-27(15-8-4)24-32(34)26-29(25-31)17-13-10-6-2/h20,22-23,25-27H,5-19,21,24H2,1-4H3,(H,35,36). The zero-order valence-corrected chi connectivity index (χ0v) is 26.0. The fourth-order valence-corrected chi connectivity index (χ4v) is 6.84. The van der Waals surface area contributed by atoms with Crippen LogP contribution in [0.4, 0.5) is 0 Å². The second kappa shape index (κ2) is 16.5. The Hall–Kier alpha value is -1.77. The molecule has 4 nitrogen and oxygen atoms in total. The third-order valence-corrected chi connectivity index (χ3v) is 8.90. The number of phosphoric acid groups is 1. The van der Waals surface area contributed by atoms with E-state index in [4.69, 9.17) is 9.05 Å². The van der Waals surface area contributed by atoms with Gasteiger partial charge < -0.3 is 9.05 Å². The van der Waals surface area contributed by atoms with Crippen molar-refractivity contribution in [3.63, 3.8) is 0 Å². The van der Waals surface area contributed by atoms with Crippen LogP contribution in [0.15, 0.2) is 30.3 Å². The molecule has 1 aliphatic carbocycles. The van der Waals surface area contributed by atoms with Gasteiger partial charge in [-0.3, -0.25) is 4.89 Å². The maximum Gasteiger partial charge on any atom is 0.584 e. The molecule has 2 atom stereocenters. The average molecular weight is 557 g/mol. The molecule has 2 bridgehead atoms. The van der Waals surface area contributed by atoms with E-state index in [1.165, 1.54) is 49.7 Å². The fourth-order valence-electron chi connectivity index (χ4n) is 5.91. The van der Waals surface area contributed by atoms with Gasteiger partial charge in [-0.1, -0.05) is 103 Å². The number of hydrogen-bond donors (Lipinski definition) is 1. The van der Waals surface area contributed by atoms with Gasteiger partial charge in [0, 0.05) is 0 Å². The van der Waals surface area contributed by atoms with Gasteiger partial charge in [0.05, 0.1) is 0 Å². The van der Waals surface area contributed by atoms with Crippen LogP contribution in [-0.4, -0.2) is 4.89 Å². The van der Waals surface area contributed by atoms with Crippen molar-refractivity contribution in [1.29, 1.82) is 0 Å². The molecule has 39 heavy (non-hydrogen) atoms. The van der Waals surface area contributed by atoms with Crippen molar-refractivity contribution in [2.75, 3.05) is 0 Å². The number of rotatable bonds is 18. The third-order valence-electron chi connectivity index (χ3n) is 8.06. The predicted molar refractivity (Wildman–Crippen MR) is 164 cm³/mol. The average Bonchev–Trinajstić information content (AvgIpc) is 2.98. The maximum atomic E-state index is 13.5. The third kappa shape index (κ3) is 10.3. The molecule has 0 aromatic heterocycles. The summed E-state index contributed by atoms with van der Waals surface area (Å²) in [6, 6.07) is 10.5. The van der Waals surface area contributed by atoms with Crippen molar-refractivity contribution in [3.05, 3.63) is 58.1 Å². The minimum Gasteiger partial charge on any atom is -0.395 e. The van der Waals surface area contributed by atoms with E-state index in [1.807, 2.05) is 12.1 Å². The van der Waals surface area contributed by atoms with Crippen molar-refractivity contribution in [3.8, 4) is 11.5 Å². The molecule has 0 radical (unpaired) electrons. The highest BCUT2D eigenvalue weighted by molar-refractivity contribution is 7.48. The number of unbranched alkanes of at least 4 members (excludes halogenated alkanes) is 6. The number of fused-ring (bicyclic) bond motifs is 2. The molecule has 218 valence electrons. The van der Waals surface area contributed by atoms with Gasteiger partial charge in [0.1, 0.15) is 11.5 Å². The van der Waals surface area contributed by atoms with Gasteiger partial charge in [0.2, 0.25) is 0 Å². The molecule has 2 unspecified atom stereocenters. The van der Waals surface area contributed by atoms with E-state index in [1.54, 1.807) is 0 Å². The van der Waals surface area contributed by atoms with Gasteiger partial charge in [-0.2, -0.15) is 0 Å². The number of benzene rings is 2. The Kier molecular flexibility index (Phi) is 13.4. The topological polar surface area (TPSA) is 55.8 Å². The molecule has 0 fully saturated rings. The van der Waals surface area contributed by atoms with Crippen LogP contribution in [0.3, 0.4) is 0 Å². The minimum absolute atomic E-state index is 0.481. The summed E-state index contributed by atoms with van der Waals surface area (Å²) in [5.41, 5.74) is 5.73. The SMILES string of the molecule is CCCCCc1ccc(OP(=O)(O)Oc2c3cc(CCCCC)cc2CC(CCC)CC3)c(CCCCC)c1. The lowest BCUT2D eigenvalue weighted by Gasteiger charge is -2.21. The van der Waals surface area contributed by atoms with E-state index in [-0.39, 0.29) is 0 Å². The molecule has 0 amide bonds. The first-order valence-electron chi connectivity index (χ1n) is 15.9. The van der Waals surface area contributed by atoms with Gasteiger partial charge in [-0.25, -0.2) is 4.57 Å². The Morgan fingerprint density at radius 3 is 2.08 bits per heavy atom. The van der Waals surface area contributed by atoms with E-state index in [0.29, 0.717) is 17.4 Å². The highest BCUT2D eigenvalue weighted by atomic mass is 31.2. The van der Waals surface area contributed by atoms with Crippen molar-refractivity contribution < 1.29 is 18.5 Å². The van der Waals surface area contributed by atoms with Gasteiger partial charge in [0.25, 0.3) is 0 Å². The van der Waals surface area contributed by atoms with Crippen LogP contribution in [-0.2, 0) is 36.7 Å². The van der Waals surface area contributed by atoms with E-state index in [2.05, 4.69) is 45.9 Å². The van der Waals surface area contributed by atoms with Crippen molar-refractivity contribution in [2.45, 2.75) is 137 Å². The molecule has 0 saturated carbocycles. The summed E-state index contributed by atoms with van der Waals surface area (Å²) in [6.45, 7) is 8.87. The summed E-state index contributed by atoms with van der Waals surface area (Å²) >= 11 is 0. The molecule has 0 aliphatic heterocycles. The summed E-state index contributed by atoms with van der Waals surface area (Å²) in [7, 11) is -4.37. The Labute approximate surface area is 238 Å². The molecule has 3 rings (SSSR count). The summed E-state index contributed by atoms with van der Waals surface area (Å²) in [6.07, 6.45) is 18.5. The molecule has 0 heterocycles. The second-order valence-corrected chi connectivity index (χ2v) is 12.9. The molecular formula is C34H53O4P. The number of aryl methyl sites for hydroxylation is 4. The van der Waals surface area contributed by atoms with Crippen molar-refractivity contribution in [2.24, 2.45) is 5.92 Å².